The molecule has 0 unspecified atom stereocenters. The number of hydrogen-bond donors (Lipinski definition) is 0. The summed E-state index contributed by atoms with van der Waals surface area (Å²) in [5, 5.41) is 1.63. The van der Waals surface area contributed by atoms with E-state index in [4.69, 9.17) is 18.9 Å². The van der Waals surface area contributed by atoms with Gasteiger partial charge in [-0.15, -0.1) is 0 Å². The van der Waals surface area contributed by atoms with Crippen LogP contribution in [0.3, 0.4) is 0 Å². The maximum absolute atomic E-state index is 5.66. The molecule has 2 aromatic carbocycles. The second-order valence-electron chi connectivity index (χ2n) is 5.10. The Kier molecular flexibility index (Phi) is 5.16. The molecule has 0 bridgehead atoms. The van der Waals surface area contributed by atoms with Gasteiger partial charge < -0.3 is 18.9 Å². The molecule has 0 N–H and O–H groups in total. The average molecular weight is 314 g/mol. The maximum atomic E-state index is 5.66. The maximum Gasteiger partial charge on any atom is 0.138 e. The third-order valence-electron chi connectivity index (χ3n) is 3.56. The predicted octanol–water partition coefficient (Wildman–Crippen LogP) is 4.46. The molecule has 0 spiro atoms. The molecule has 0 aliphatic carbocycles. The number of allylic oxidation sites excluding steroid dienone is 2. The molecule has 0 saturated heterocycles. The van der Waals surface area contributed by atoms with Crippen LogP contribution < -0.4 is 18.9 Å². The van der Waals surface area contributed by atoms with Crippen LogP contribution in [0.2, 0.25) is 0 Å². The van der Waals surface area contributed by atoms with Crippen molar-refractivity contribution in [2.75, 3.05) is 28.4 Å². The number of ether oxygens (including phenoxy) is 4. The van der Waals surface area contributed by atoms with E-state index in [1.165, 1.54) is 0 Å². The van der Waals surface area contributed by atoms with Gasteiger partial charge in [-0.05, 0) is 25.1 Å². The molecule has 0 saturated carbocycles. The monoisotopic (exact) mass is 314 g/mol. The molecule has 23 heavy (non-hydrogen) atoms. The van der Waals surface area contributed by atoms with Gasteiger partial charge in [-0.3, -0.25) is 0 Å². The number of fused-ring (bicyclic) bond motifs is 1. The molecular formula is C19H22O4. The van der Waals surface area contributed by atoms with Crippen molar-refractivity contribution < 1.29 is 18.9 Å². The lowest BCUT2D eigenvalue weighted by atomic mass is 10.0. The second-order valence-corrected chi connectivity index (χ2v) is 5.10. The van der Waals surface area contributed by atoms with Crippen LogP contribution in [0.1, 0.15) is 12.5 Å². The second kappa shape index (κ2) is 7.09. The predicted molar refractivity (Wildman–Crippen MR) is 94.0 cm³/mol. The number of rotatable bonds is 6. The van der Waals surface area contributed by atoms with Gasteiger partial charge in [0.2, 0.25) is 0 Å². The highest BCUT2D eigenvalue weighted by atomic mass is 16.5. The van der Waals surface area contributed by atoms with Crippen LogP contribution in [0.5, 0.6) is 23.0 Å². The average Bonchev–Trinajstić information content (AvgIpc) is 2.57. The van der Waals surface area contributed by atoms with E-state index >= 15 is 0 Å². The zero-order valence-electron chi connectivity index (χ0n) is 14.2. The molecule has 0 aliphatic rings. The SMILES string of the molecule is C=C(C)/C=C/c1cc(OC)c2c(OC)ccc(OC)c2c1OC. The molecule has 0 fully saturated rings. The van der Waals surface area contributed by atoms with Gasteiger partial charge >= 0.3 is 0 Å². The normalized spacial score (nSPS) is 10.8. The Morgan fingerprint density at radius 1 is 0.870 bits per heavy atom. The van der Waals surface area contributed by atoms with Crippen molar-refractivity contribution in [2.45, 2.75) is 6.92 Å². The van der Waals surface area contributed by atoms with Crippen molar-refractivity contribution in [1.82, 2.24) is 0 Å². The fourth-order valence-electron chi connectivity index (χ4n) is 2.53. The lowest BCUT2D eigenvalue weighted by Gasteiger charge is -2.17. The summed E-state index contributed by atoms with van der Waals surface area (Å²) in [5.41, 5.74) is 1.83. The summed E-state index contributed by atoms with van der Waals surface area (Å²) in [6.07, 6.45) is 3.87. The van der Waals surface area contributed by atoms with Gasteiger partial charge in [0.15, 0.2) is 0 Å². The molecule has 122 valence electrons. The summed E-state index contributed by atoms with van der Waals surface area (Å²) in [6.45, 7) is 5.82. The van der Waals surface area contributed by atoms with Crippen LogP contribution in [0.4, 0.5) is 0 Å². The number of hydrogen-bond acceptors (Lipinski definition) is 4. The summed E-state index contributed by atoms with van der Waals surface area (Å²) < 4.78 is 22.2. The molecule has 2 aromatic rings. The first kappa shape index (κ1) is 16.7. The van der Waals surface area contributed by atoms with Crippen LogP contribution in [0.15, 0.2) is 36.4 Å². The van der Waals surface area contributed by atoms with E-state index in [2.05, 4.69) is 6.58 Å². The van der Waals surface area contributed by atoms with Gasteiger partial charge in [-0.1, -0.05) is 24.3 Å². The first-order chi connectivity index (χ1) is 11.1. The lowest BCUT2D eigenvalue weighted by molar-refractivity contribution is 0.392. The van der Waals surface area contributed by atoms with Crippen molar-refractivity contribution in [2.24, 2.45) is 0 Å². The molecule has 0 aliphatic heterocycles. The minimum Gasteiger partial charge on any atom is -0.496 e. The summed E-state index contributed by atoms with van der Waals surface area (Å²) in [7, 11) is 6.52. The zero-order valence-corrected chi connectivity index (χ0v) is 14.2. The van der Waals surface area contributed by atoms with Gasteiger partial charge in [-0.2, -0.15) is 0 Å². The summed E-state index contributed by atoms with van der Waals surface area (Å²) in [6, 6.07) is 5.63. The topological polar surface area (TPSA) is 36.9 Å². The number of methoxy groups -OCH3 is 4. The lowest BCUT2D eigenvalue weighted by Crippen LogP contribution is -1.97. The van der Waals surface area contributed by atoms with Crippen molar-refractivity contribution >= 4 is 16.8 Å². The Balaban J connectivity index is 2.94. The third-order valence-corrected chi connectivity index (χ3v) is 3.56. The van der Waals surface area contributed by atoms with Crippen molar-refractivity contribution in [3.8, 4) is 23.0 Å². The van der Waals surface area contributed by atoms with Crippen LogP contribution in [0, 0.1) is 0 Å². The zero-order chi connectivity index (χ0) is 17.0. The Labute approximate surface area is 136 Å². The Bertz CT molecular complexity index is 760. The van der Waals surface area contributed by atoms with Gasteiger partial charge in [0.05, 0.1) is 39.2 Å². The van der Waals surface area contributed by atoms with E-state index < -0.39 is 0 Å². The first-order valence-corrected chi connectivity index (χ1v) is 7.20. The molecule has 0 amide bonds. The van der Waals surface area contributed by atoms with E-state index in [1.54, 1.807) is 28.4 Å². The standard InChI is InChI=1S/C19H22O4/c1-12(2)7-8-13-11-16(22-5)17-14(20-3)9-10-15(21-4)18(17)19(13)23-6/h7-11H,1H2,2-6H3/b8-7+. The molecule has 0 atom stereocenters. The Hall–Kier alpha value is -2.62. The minimum absolute atomic E-state index is 0.693. The molecule has 0 radical (unpaired) electrons. The number of benzene rings is 2. The largest absolute Gasteiger partial charge is 0.496 e. The van der Waals surface area contributed by atoms with E-state index in [0.717, 1.165) is 21.9 Å². The molecule has 0 aromatic heterocycles. The van der Waals surface area contributed by atoms with Gasteiger partial charge in [0.25, 0.3) is 0 Å². The van der Waals surface area contributed by atoms with E-state index in [9.17, 15) is 0 Å². The highest BCUT2D eigenvalue weighted by Crippen LogP contribution is 2.46. The van der Waals surface area contributed by atoms with E-state index in [-0.39, 0.29) is 0 Å². The third kappa shape index (κ3) is 3.11. The Morgan fingerprint density at radius 3 is 1.91 bits per heavy atom. The highest BCUT2D eigenvalue weighted by molar-refractivity contribution is 6.04. The van der Waals surface area contributed by atoms with Gasteiger partial charge in [-0.25, -0.2) is 0 Å². The van der Waals surface area contributed by atoms with E-state index in [0.29, 0.717) is 23.0 Å². The van der Waals surface area contributed by atoms with Crippen molar-refractivity contribution in [3.05, 3.63) is 42.0 Å². The molecule has 4 nitrogen and oxygen atoms in total. The first-order valence-electron chi connectivity index (χ1n) is 7.20. The van der Waals surface area contributed by atoms with Crippen LogP contribution >= 0.6 is 0 Å². The van der Waals surface area contributed by atoms with E-state index in [1.807, 2.05) is 37.3 Å². The smallest absolute Gasteiger partial charge is 0.138 e. The summed E-state index contributed by atoms with van der Waals surface area (Å²) in [5.74, 6) is 2.79. The fraction of sp³-hybridized carbons (Fsp3) is 0.263. The van der Waals surface area contributed by atoms with Gasteiger partial charge in [0.1, 0.15) is 23.0 Å². The van der Waals surface area contributed by atoms with Gasteiger partial charge in [0, 0.05) is 5.56 Å². The molecule has 4 heteroatoms. The van der Waals surface area contributed by atoms with Crippen LogP contribution in [-0.2, 0) is 0 Å². The molecule has 2 rings (SSSR count). The summed E-state index contributed by atoms with van der Waals surface area (Å²) >= 11 is 0. The van der Waals surface area contributed by atoms with Crippen LogP contribution in [0.25, 0.3) is 16.8 Å². The summed E-state index contributed by atoms with van der Waals surface area (Å²) in [4.78, 5) is 0. The van der Waals surface area contributed by atoms with Crippen molar-refractivity contribution in [3.63, 3.8) is 0 Å². The Morgan fingerprint density at radius 2 is 1.43 bits per heavy atom. The minimum atomic E-state index is 0.693. The molecule has 0 heterocycles. The highest BCUT2D eigenvalue weighted by Gasteiger charge is 2.19. The van der Waals surface area contributed by atoms with Crippen LogP contribution in [-0.4, -0.2) is 28.4 Å². The fourth-order valence-corrected chi connectivity index (χ4v) is 2.53. The quantitative estimate of drug-likeness (QED) is 0.738. The molecular weight excluding hydrogens is 292 g/mol. The van der Waals surface area contributed by atoms with Crippen molar-refractivity contribution in [1.29, 1.82) is 0 Å².